The van der Waals surface area contributed by atoms with Crippen LogP contribution in [0.5, 0.6) is 0 Å². The van der Waals surface area contributed by atoms with Gasteiger partial charge in [0.05, 0.1) is 24.7 Å². The molecule has 0 aromatic heterocycles. The Morgan fingerprint density at radius 3 is 2.31 bits per heavy atom. The standard InChI is InChI=1S/C31H48O5/c1-17-9-12-31(26(35)36-8)14-13-29(6)19(23(31)18(17)2)15-20(32)24-28(5)16-21(33)25(34)27(3,4)22(28)10-11-30(24,29)7/h15,17-18,21-25,33-34H,9-14,16H2,1-8H3/t17-,18+,21+,22?,23?,24?,25-,28+,29-,30-,31+/m1/s1. The molecule has 0 aliphatic heterocycles. The molecule has 0 amide bonds. The highest BCUT2D eigenvalue weighted by Crippen LogP contribution is 2.75. The Morgan fingerprint density at radius 1 is 1.00 bits per heavy atom. The molecule has 0 aromatic rings. The first-order valence-electron chi connectivity index (χ1n) is 14.3. The van der Waals surface area contributed by atoms with Crippen LogP contribution >= 0.6 is 0 Å². The van der Waals surface area contributed by atoms with Crippen LogP contribution in [-0.2, 0) is 14.3 Å². The van der Waals surface area contributed by atoms with Crippen LogP contribution in [0.4, 0.5) is 0 Å². The summed E-state index contributed by atoms with van der Waals surface area (Å²) in [5.41, 5.74) is -0.652. The van der Waals surface area contributed by atoms with Crippen LogP contribution in [-0.4, -0.2) is 41.3 Å². The Labute approximate surface area is 217 Å². The number of carbonyl (C=O) groups excluding carboxylic acids is 2. The molecule has 5 nitrogen and oxygen atoms in total. The highest BCUT2D eigenvalue weighted by Gasteiger charge is 2.72. The molecular formula is C31H48O5. The van der Waals surface area contributed by atoms with E-state index < -0.39 is 23.0 Å². The van der Waals surface area contributed by atoms with Crippen molar-refractivity contribution in [2.75, 3.05) is 7.11 Å². The molecule has 5 rings (SSSR count). The second-order valence-electron chi connectivity index (χ2n) is 14.8. The number of aliphatic hydroxyl groups excluding tert-OH is 2. The molecule has 3 unspecified atom stereocenters. The highest BCUT2D eigenvalue weighted by molar-refractivity contribution is 5.96. The van der Waals surface area contributed by atoms with E-state index in [9.17, 15) is 19.8 Å². The van der Waals surface area contributed by atoms with Gasteiger partial charge in [-0.25, -0.2) is 0 Å². The summed E-state index contributed by atoms with van der Waals surface area (Å²) in [6.07, 6.45) is 6.19. The molecule has 5 aliphatic carbocycles. The predicted octanol–water partition coefficient (Wildman–Crippen LogP) is 5.33. The highest BCUT2D eigenvalue weighted by atomic mass is 16.5. The van der Waals surface area contributed by atoms with Crippen LogP contribution in [0.25, 0.3) is 0 Å². The van der Waals surface area contributed by atoms with Gasteiger partial charge in [-0.1, -0.05) is 54.0 Å². The second kappa shape index (κ2) is 7.91. The van der Waals surface area contributed by atoms with Crippen molar-refractivity contribution in [3.05, 3.63) is 11.6 Å². The van der Waals surface area contributed by atoms with E-state index in [1.54, 1.807) is 0 Å². The number of esters is 1. The third-order valence-corrected chi connectivity index (χ3v) is 13.3. The van der Waals surface area contributed by atoms with Gasteiger partial charge in [-0.2, -0.15) is 0 Å². The fraction of sp³-hybridized carbons (Fsp3) is 0.871. The van der Waals surface area contributed by atoms with Crippen LogP contribution in [0.2, 0.25) is 0 Å². The van der Waals surface area contributed by atoms with Gasteiger partial charge in [-0.3, -0.25) is 9.59 Å². The van der Waals surface area contributed by atoms with E-state index in [0.717, 1.165) is 38.5 Å². The average Bonchev–Trinajstić information content (AvgIpc) is 2.80. The topological polar surface area (TPSA) is 83.8 Å². The van der Waals surface area contributed by atoms with E-state index in [0.29, 0.717) is 18.3 Å². The molecule has 11 atom stereocenters. The minimum Gasteiger partial charge on any atom is -0.469 e. The lowest BCUT2D eigenvalue weighted by molar-refractivity contribution is -0.228. The number of aliphatic hydroxyl groups is 2. The summed E-state index contributed by atoms with van der Waals surface area (Å²) in [5.74, 6) is 0.833. The Morgan fingerprint density at radius 2 is 1.67 bits per heavy atom. The number of fused-ring (bicyclic) bond motifs is 7. The van der Waals surface area contributed by atoms with Gasteiger partial charge in [0.1, 0.15) is 0 Å². The van der Waals surface area contributed by atoms with Crippen molar-refractivity contribution in [2.45, 2.75) is 106 Å². The van der Waals surface area contributed by atoms with Crippen LogP contribution in [0.15, 0.2) is 11.6 Å². The van der Waals surface area contributed by atoms with Gasteiger partial charge >= 0.3 is 5.97 Å². The summed E-state index contributed by atoms with van der Waals surface area (Å²) >= 11 is 0. The molecule has 0 bridgehead atoms. The number of rotatable bonds is 1. The predicted molar refractivity (Wildman–Crippen MR) is 139 cm³/mol. The van der Waals surface area contributed by atoms with Gasteiger partial charge in [0, 0.05) is 5.92 Å². The molecule has 0 aromatic carbocycles. The largest absolute Gasteiger partial charge is 0.469 e. The fourth-order valence-electron chi connectivity index (χ4n) is 11.0. The summed E-state index contributed by atoms with van der Waals surface area (Å²) in [6, 6.07) is 0. The van der Waals surface area contributed by atoms with Crippen molar-refractivity contribution in [3.8, 4) is 0 Å². The molecular weight excluding hydrogens is 452 g/mol. The van der Waals surface area contributed by atoms with Gasteiger partial charge < -0.3 is 14.9 Å². The summed E-state index contributed by atoms with van der Waals surface area (Å²) in [7, 11) is 1.51. The Bertz CT molecular complexity index is 999. The monoisotopic (exact) mass is 500 g/mol. The summed E-state index contributed by atoms with van der Waals surface area (Å²) < 4.78 is 5.43. The maximum Gasteiger partial charge on any atom is 0.312 e. The van der Waals surface area contributed by atoms with Crippen molar-refractivity contribution in [2.24, 2.45) is 56.7 Å². The second-order valence-corrected chi connectivity index (χ2v) is 14.8. The fourth-order valence-corrected chi connectivity index (χ4v) is 11.0. The third-order valence-electron chi connectivity index (χ3n) is 13.3. The zero-order valence-corrected chi connectivity index (χ0v) is 23.7. The lowest BCUT2D eigenvalue weighted by Gasteiger charge is -2.70. The van der Waals surface area contributed by atoms with Gasteiger partial charge in [-0.15, -0.1) is 0 Å². The molecule has 0 heterocycles. The third kappa shape index (κ3) is 2.96. The van der Waals surface area contributed by atoms with Crippen LogP contribution in [0.1, 0.15) is 93.4 Å². The number of hydrogen-bond acceptors (Lipinski definition) is 5. The Hall–Kier alpha value is -1.20. The molecule has 0 saturated heterocycles. The molecule has 2 N–H and O–H groups in total. The number of hydrogen-bond donors (Lipinski definition) is 2. The molecule has 36 heavy (non-hydrogen) atoms. The Balaban J connectivity index is 1.67. The van der Waals surface area contributed by atoms with E-state index in [-0.39, 0.29) is 45.8 Å². The zero-order valence-electron chi connectivity index (χ0n) is 23.7. The van der Waals surface area contributed by atoms with Crippen LogP contribution < -0.4 is 0 Å². The quantitative estimate of drug-likeness (QED) is 0.476. The number of ketones is 1. The van der Waals surface area contributed by atoms with E-state index in [1.165, 1.54) is 12.7 Å². The van der Waals surface area contributed by atoms with Crippen molar-refractivity contribution in [1.29, 1.82) is 0 Å². The van der Waals surface area contributed by atoms with Gasteiger partial charge in [-0.05, 0) is 96.4 Å². The smallest absolute Gasteiger partial charge is 0.312 e. The number of ether oxygens (including phenoxy) is 1. The lowest BCUT2D eigenvalue weighted by atomic mass is 9.33. The first-order valence-corrected chi connectivity index (χ1v) is 14.3. The first kappa shape index (κ1) is 26.4. The zero-order chi connectivity index (χ0) is 26.6. The average molecular weight is 501 g/mol. The normalized spacial score (nSPS) is 53.8. The number of methoxy groups -OCH3 is 1. The summed E-state index contributed by atoms with van der Waals surface area (Å²) in [5, 5.41) is 21.9. The van der Waals surface area contributed by atoms with Crippen LogP contribution in [0, 0.1) is 56.7 Å². The van der Waals surface area contributed by atoms with Crippen molar-refractivity contribution >= 4 is 11.8 Å². The lowest BCUT2D eigenvalue weighted by Crippen LogP contribution is -2.69. The van der Waals surface area contributed by atoms with E-state index >= 15 is 0 Å². The molecule has 4 saturated carbocycles. The number of allylic oxidation sites excluding steroid dienone is 2. The molecule has 0 radical (unpaired) electrons. The van der Waals surface area contributed by atoms with Crippen molar-refractivity contribution in [3.63, 3.8) is 0 Å². The van der Waals surface area contributed by atoms with E-state index in [2.05, 4.69) is 48.5 Å². The number of carbonyl (C=O) groups is 2. The van der Waals surface area contributed by atoms with Crippen molar-refractivity contribution < 1.29 is 24.5 Å². The Kier molecular flexibility index (Phi) is 5.80. The van der Waals surface area contributed by atoms with Crippen molar-refractivity contribution in [1.82, 2.24) is 0 Å². The maximum absolute atomic E-state index is 14.4. The molecule has 5 heteroatoms. The van der Waals surface area contributed by atoms with E-state index in [4.69, 9.17) is 4.74 Å². The summed E-state index contributed by atoms with van der Waals surface area (Å²) in [6.45, 7) is 15.6. The SMILES string of the molecule is COC(=O)[C@]12CC[C@@H](C)[C@H](C)C1C1=CC(=O)C3[C@@]4(C)C[C@H](O)[C@@H](O)C(C)(C)C4CC[C@@]3(C)[C@]1(C)CC2. The molecule has 0 spiro atoms. The minimum absolute atomic E-state index is 0.0231. The molecule has 202 valence electrons. The maximum atomic E-state index is 14.4. The van der Waals surface area contributed by atoms with Gasteiger partial charge in [0.25, 0.3) is 0 Å². The minimum atomic E-state index is -0.827. The first-order chi connectivity index (χ1) is 16.6. The summed E-state index contributed by atoms with van der Waals surface area (Å²) in [4.78, 5) is 27.7. The van der Waals surface area contributed by atoms with Gasteiger partial charge in [0.15, 0.2) is 5.78 Å². The van der Waals surface area contributed by atoms with Gasteiger partial charge in [0.2, 0.25) is 0 Å². The molecule has 5 aliphatic rings. The van der Waals surface area contributed by atoms with E-state index in [1.807, 2.05) is 6.08 Å². The molecule has 4 fully saturated rings. The van der Waals surface area contributed by atoms with Crippen LogP contribution in [0.3, 0.4) is 0 Å².